The van der Waals surface area contributed by atoms with Gasteiger partial charge in [0.1, 0.15) is 12.2 Å². The van der Waals surface area contributed by atoms with E-state index in [-0.39, 0.29) is 38.2 Å². The molecular weight excluding hydrogens is 586 g/mol. The van der Waals surface area contributed by atoms with Gasteiger partial charge in [-0.05, 0) is 20.3 Å². The number of rotatable bonds is 2. The van der Waals surface area contributed by atoms with Crippen molar-refractivity contribution in [1.82, 2.24) is 0 Å². The lowest BCUT2D eigenvalue weighted by atomic mass is 9.84. The van der Waals surface area contributed by atoms with Gasteiger partial charge in [-0.25, -0.2) is 0 Å². The standard InChI is InChI=1S/C33H51NO11/c1-20-12-9-7-5-4-6-8-10-15-25(44-32-31(40)29(34)30(39)22(3)43-32)17-27-21(2)26(37)19-33(41,45-27)18-24(36)14-11-13-23(35)16-28(38)42-20/h4-11,13,15,20-27,29-32,35-37,39-41H,12,14,16-19,34H2,1-3H3/b5-4+,8-6+,9-7+,13-11-,15-10+/t20-,21-,22-,23+,24+,25+,26+,27+,29+,30-,31+,32+,33+/m1/s1. The number of carbonyl (C=O) groups excluding carboxylic acids is 1. The highest BCUT2D eigenvalue weighted by atomic mass is 16.7. The lowest BCUT2D eigenvalue weighted by Gasteiger charge is -2.45. The summed E-state index contributed by atoms with van der Waals surface area (Å²) in [5.41, 5.74) is 6.00. The summed E-state index contributed by atoms with van der Waals surface area (Å²) in [7, 11) is 0. The number of carbonyl (C=O) groups is 1. The zero-order chi connectivity index (χ0) is 33.1. The SMILES string of the molecule is C[C@H]1[C@@H]2C[C@@H](O[C@@H]3O[C@H](C)[C@@H](O)[C@H](N)[C@@H]3O)/C=C/C=C/C=C/C=C/C[C@@H](C)OC(=O)C[C@@H](O)/C=C\C[C@H](O)C[C@@](O)(C[C@@H]1O)O2. The zero-order valence-corrected chi connectivity index (χ0v) is 26.2. The Morgan fingerprint density at radius 3 is 2.31 bits per heavy atom. The van der Waals surface area contributed by atoms with E-state index in [1.807, 2.05) is 18.2 Å². The third-order valence-electron chi connectivity index (χ3n) is 8.28. The molecule has 2 fully saturated rings. The minimum atomic E-state index is -1.86. The van der Waals surface area contributed by atoms with Crippen LogP contribution in [0.4, 0.5) is 0 Å². The van der Waals surface area contributed by atoms with Gasteiger partial charge >= 0.3 is 5.97 Å². The predicted molar refractivity (Wildman–Crippen MR) is 165 cm³/mol. The number of cyclic esters (lactones) is 1. The first-order valence-electron chi connectivity index (χ1n) is 15.7. The van der Waals surface area contributed by atoms with Crippen molar-refractivity contribution in [2.24, 2.45) is 11.7 Å². The summed E-state index contributed by atoms with van der Waals surface area (Å²) < 4.78 is 23.3. The van der Waals surface area contributed by atoms with Gasteiger partial charge in [0.2, 0.25) is 0 Å². The van der Waals surface area contributed by atoms with Gasteiger partial charge in [-0.2, -0.15) is 0 Å². The van der Waals surface area contributed by atoms with Crippen LogP contribution in [-0.2, 0) is 23.7 Å². The topological polar surface area (TPSA) is 201 Å². The smallest absolute Gasteiger partial charge is 0.309 e. The highest BCUT2D eigenvalue weighted by Crippen LogP contribution is 2.37. The fourth-order valence-corrected chi connectivity index (χ4v) is 5.55. The Bertz CT molecular complexity index is 1080. The molecule has 254 valence electrons. The van der Waals surface area contributed by atoms with Crippen LogP contribution in [-0.4, -0.2) is 110 Å². The first-order chi connectivity index (χ1) is 21.3. The van der Waals surface area contributed by atoms with E-state index in [0.717, 1.165) is 0 Å². The van der Waals surface area contributed by atoms with Crippen molar-refractivity contribution in [3.63, 3.8) is 0 Å². The molecule has 0 radical (unpaired) electrons. The summed E-state index contributed by atoms with van der Waals surface area (Å²) in [6, 6.07) is -0.987. The van der Waals surface area contributed by atoms with Crippen LogP contribution in [0.1, 0.15) is 59.3 Å². The van der Waals surface area contributed by atoms with Crippen molar-refractivity contribution in [1.29, 1.82) is 0 Å². The molecule has 0 aliphatic carbocycles. The minimum Gasteiger partial charge on any atom is -0.462 e. The highest BCUT2D eigenvalue weighted by molar-refractivity contribution is 5.70. The van der Waals surface area contributed by atoms with Gasteiger partial charge in [0.25, 0.3) is 0 Å². The second-order valence-corrected chi connectivity index (χ2v) is 12.3. The van der Waals surface area contributed by atoms with Crippen molar-refractivity contribution in [2.75, 3.05) is 0 Å². The Hall–Kier alpha value is -2.23. The van der Waals surface area contributed by atoms with Crippen LogP contribution in [0.3, 0.4) is 0 Å². The van der Waals surface area contributed by atoms with Crippen LogP contribution in [0.5, 0.6) is 0 Å². The Kier molecular flexibility index (Phi) is 14.6. The molecular formula is C33H51NO11. The van der Waals surface area contributed by atoms with Crippen LogP contribution < -0.4 is 5.73 Å². The minimum absolute atomic E-state index is 0.0603. The summed E-state index contributed by atoms with van der Waals surface area (Å²) in [6.07, 6.45) is 8.18. The van der Waals surface area contributed by atoms with Gasteiger partial charge in [0.05, 0.1) is 55.2 Å². The monoisotopic (exact) mass is 637 g/mol. The van der Waals surface area contributed by atoms with Crippen molar-refractivity contribution >= 4 is 5.97 Å². The van der Waals surface area contributed by atoms with E-state index in [0.29, 0.717) is 6.42 Å². The molecule has 0 aromatic heterocycles. The number of ether oxygens (including phenoxy) is 4. The molecule has 0 unspecified atom stereocenters. The summed E-state index contributed by atoms with van der Waals surface area (Å²) >= 11 is 0. The Morgan fingerprint density at radius 2 is 1.58 bits per heavy atom. The maximum absolute atomic E-state index is 12.2. The molecule has 0 amide bonds. The lowest BCUT2D eigenvalue weighted by Crippen LogP contribution is -2.61. The summed E-state index contributed by atoms with van der Waals surface area (Å²) in [4.78, 5) is 12.2. The molecule has 3 rings (SSSR count). The summed E-state index contributed by atoms with van der Waals surface area (Å²) in [5, 5.41) is 63.9. The van der Waals surface area contributed by atoms with Crippen LogP contribution in [0, 0.1) is 5.92 Å². The van der Waals surface area contributed by atoms with E-state index in [1.54, 1.807) is 51.2 Å². The first-order valence-corrected chi connectivity index (χ1v) is 15.7. The van der Waals surface area contributed by atoms with Crippen molar-refractivity contribution < 1.29 is 54.4 Å². The first kappa shape index (κ1) is 37.2. The molecule has 3 heterocycles. The second-order valence-electron chi connectivity index (χ2n) is 12.3. The number of aliphatic hydroxyl groups excluding tert-OH is 5. The molecule has 13 atom stereocenters. The molecule has 8 N–H and O–H groups in total. The number of allylic oxidation sites excluding steroid dienone is 6. The molecule has 12 nitrogen and oxygen atoms in total. The summed E-state index contributed by atoms with van der Waals surface area (Å²) in [5.74, 6) is -2.82. The van der Waals surface area contributed by atoms with Crippen LogP contribution in [0.2, 0.25) is 0 Å². The van der Waals surface area contributed by atoms with E-state index in [1.165, 1.54) is 12.2 Å². The van der Waals surface area contributed by atoms with E-state index < -0.39 is 78.8 Å². The van der Waals surface area contributed by atoms with Crippen LogP contribution in [0.15, 0.2) is 60.8 Å². The van der Waals surface area contributed by atoms with Crippen molar-refractivity contribution in [2.45, 2.75) is 132 Å². The number of fused-ring (bicyclic) bond motifs is 2. The molecule has 3 aliphatic rings. The number of nitrogens with two attached hydrogens (primary N) is 1. The van der Waals surface area contributed by atoms with Gasteiger partial charge in [-0.3, -0.25) is 4.79 Å². The fourth-order valence-electron chi connectivity index (χ4n) is 5.55. The number of esters is 1. The fraction of sp³-hybridized carbons (Fsp3) is 0.667. The lowest BCUT2D eigenvalue weighted by molar-refractivity contribution is -0.308. The summed E-state index contributed by atoms with van der Waals surface area (Å²) in [6.45, 7) is 5.17. The van der Waals surface area contributed by atoms with E-state index >= 15 is 0 Å². The molecule has 45 heavy (non-hydrogen) atoms. The molecule has 0 spiro atoms. The maximum atomic E-state index is 12.2. The molecule has 12 heteroatoms. The van der Waals surface area contributed by atoms with Gasteiger partial charge in [0, 0.05) is 31.6 Å². The highest BCUT2D eigenvalue weighted by Gasteiger charge is 2.46. The molecule has 0 saturated carbocycles. The third-order valence-corrected chi connectivity index (χ3v) is 8.28. The molecule has 0 aromatic rings. The predicted octanol–water partition coefficient (Wildman–Crippen LogP) is 1.04. The second kappa shape index (κ2) is 17.6. The average Bonchev–Trinajstić information content (AvgIpc) is 2.95. The van der Waals surface area contributed by atoms with Gasteiger partial charge in [0.15, 0.2) is 12.1 Å². The molecule has 2 saturated heterocycles. The average molecular weight is 638 g/mol. The number of hydrogen-bond acceptors (Lipinski definition) is 12. The van der Waals surface area contributed by atoms with Crippen LogP contribution >= 0.6 is 0 Å². The molecule has 3 aliphatic heterocycles. The van der Waals surface area contributed by atoms with E-state index in [9.17, 15) is 35.4 Å². The maximum Gasteiger partial charge on any atom is 0.309 e. The third kappa shape index (κ3) is 11.8. The van der Waals surface area contributed by atoms with Gasteiger partial charge in [-0.15, -0.1) is 0 Å². The van der Waals surface area contributed by atoms with Crippen molar-refractivity contribution in [3.8, 4) is 0 Å². The largest absolute Gasteiger partial charge is 0.462 e. The van der Waals surface area contributed by atoms with Gasteiger partial charge < -0.3 is 55.3 Å². The molecule has 2 bridgehead atoms. The Morgan fingerprint density at radius 1 is 0.889 bits per heavy atom. The molecule has 0 aromatic carbocycles. The van der Waals surface area contributed by atoms with Crippen LogP contribution in [0.25, 0.3) is 0 Å². The van der Waals surface area contributed by atoms with E-state index in [2.05, 4.69) is 0 Å². The zero-order valence-electron chi connectivity index (χ0n) is 26.2. The Labute approximate surface area is 265 Å². The number of aliphatic hydroxyl groups is 6. The van der Waals surface area contributed by atoms with E-state index in [4.69, 9.17) is 24.7 Å². The quantitative estimate of drug-likeness (QED) is 0.168. The van der Waals surface area contributed by atoms with Crippen molar-refractivity contribution in [3.05, 3.63) is 60.8 Å². The Balaban J connectivity index is 1.83. The van der Waals surface area contributed by atoms with Gasteiger partial charge in [-0.1, -0.05) is 67.7 Å². The number of hydrogen-bond donors (Lipinski definition) is 7. The normalized spacial score (nSPS) is 46.6.